The number of rotatable bonds is 2. The first kappa shape index (κ1) is 16.3. The summed E-state index contributed by atoms with van der Waals surface area (Å²) in [6, 6.07) is 1.65. The average molecular weight is 281 g/mol. The lowest BCUT2D eigenvalue weighted by molar-refractivity contribution is -0.121. The number of nitriles is 1. The van der Waals surface area contributed by atoms with E-state index in [4.69, 9.17) is 10.00 Å². The van der Waals surface area contributed by atoms with Crippen molar-refractivity contribution in [1.29, 1.82) is 5.26 Å². The van der Waals surface area contributed by atoms with Crippen LogP contribution in [-0.2, 0) is 9.53 Å². The fourth-order valence-electron chi connectivity index (χ4n) is 2.30. The van der Waals surface area contributed by atoms with E-state index in [2.05, 4.69) is 5.32 Å². The van der Waals surface area contributed by atoms with E-state index in [9.17, 15) is 9.59 Å². The zero-order valence-electron chi connectivity index (χ0n) is 12.8. The summed E-state index contributed by atoms with van der Waals surface area (Å²) in [5, 5.41) is 11.3. The average Bonchev–Trinajstić information content (AvgIpc) is 2.52. The van der Waals surface area contributed by atoms with Gasteiger partial charge in [0, 0.05) is 6.54 Å². The molecular formula is C14H23N3O3. The molecule has 1 atom stereocenters. The van der Waals surface area contributed by atoms with Gasteiger partial charge in [0.25, 0.3) is 0 Å². The van der Waals surface area contributed by atoms with Crippen molar-refractivity contribution in [2.24, 2.45) is 0 Å². The fraction of sp³-hybridized carbons (Fsp3) is 0.786. The highest BCUT2D eigenvalue weighted by molar-refractivity contribution is 5.79. The van der Waals surface area contributed by atoms with Crippen LogP contribution in [0, 0.1) is 11.3 Å². The second-order valence-electron chi connectivity index (χ2n) is 6.53. The molecule has 0 saturated carbocycles. The molecule has 0 aromatic heterocycles. The van der Waals surface area contributed by atoms with Gasteiger partial charge < -0.3 is 15.0 Å². The quantitative estimate of drug-likeness (QED) is 0.836. The number of nitrogens with one attached hydrogen (secondary N) is 1. The molecule has 0 spiro atoms. The van der Waals surface area contributed by atoms with Gasteiger partial charge in [0.1, 0.15) is 12.0 Å². The Morgan fingerprint density at radius 3 is 2.55 bits per heavy atom. The maximum absolute atomic E-state index is 12.2. The molecule has 6 heteroatoms. The first-order chi connectivity index (χ1) is 9.08. The Labute approximate surface area is 120 Å². The van der Waals surface area contributed by atoms with E-state index in [1.807, 2.05) is 40.7 Å². The van der Waals surface area contributed by atoms with Crippen LogP contribution in [0.2, 0.25) is 0 Å². The molecule has 112 valence electrons. The molecule has 6 nitrogen and oxygen atoms in total. The Morgan fingerprint density at radius 1 is 1.45 bits per heavy atom. The Kier molecular flexibility index (Phi) is 4.64. The zero-order chi connectivity index (χ0) is 15.6. The highest BCUT2D eigenvalue weighted by atomic mass is 16.6. The van der Waals surface area contributed by atoms with E-state index in [-0.39, 0.29) is 24.5 Å². The van der Waals surface area contributed by atoms with Crippen LogP contribution in [0.25, 0.3) is 0 Å². The number of amides is 2. The van der Waals surface area contributed by atoms with Gasteiger partial charge in [0.15, 0.2) is 0 Å². The number of ether oxygens (including phenoxy) is 1. The van der Waals surface area contributed by atoms with Crippen LogP contribution in [0.15, 0.2) is 0 Å². The largest absolute Gasteiger partial charge is 0.444 e. The van der Waals surface area contributed by atoms with E-state index >= 15 is 0 Å². The molecule has 0 aliphatic carbocycles. The summed E-state index contributed by atoms with van der Waals surface area (Å²) in [5.41, 5.74) is -1.08. The number of hydrogen-bond donors (Lipinski definition) is 1. The van der Waals surface area contributed by atoms with E-state index in [0.717, 1.165) is 0 Å². The molecule has 1 unspecified atom stereocenters. The van der Waals surface area contributed by atoms with Gasteiger partial charge in [-0.3, -0.25) is 4.79 Å². The van der Waals surface area contributed by atoms with Crippen LogP contribution in [0.4, 0.5) is 4.79 Å². The third-order valence-corrected chi connectivity index (χ3v) is 3.38. The molecule has 1 aliphatic rings. The minimum Gasteiger partial charge on any atom is -0.444 e. The summed E-state index contributed by atoms with van der Waals surface area (Å²) in [7, 11) is 0. The van der Waals surface area contributed by atoms with Gasteiger partial charge in [0.2, 0.25) is 5.91 Å². The number of likely N-dealkylation sites (tertiary alicyclic amines) is 1. The highest BCUT2D eigenvalue weighted by Crippen LogP contribution is 2.30. The summed E-state index contributed by atoms with van der Waals surface area (Å²) < 4.78 is 5.38. The Hall–Kier alpha value is -1.77. The smallest absolute Gasteiger partial charge is 0.410 e. The molecule has 0 bridgehead atoms. The van der Waals surface area contributed by atoms with Crippen LogP contribution in [0.1, 0.15) is 47.5 Å². The fourth-order valence-corrected chi connectivity index (χ4v) is 2.30. The summed E-state index contributed by atoms with van der Waals surface area (Å²) >= 11 is 0. The minimum atomic E-state index is -0.546. The van der Waals surface area contributed by atoms with Crippen molar-refractivity contribution in [2.75, 3.05) is 6.54 Å². The summed E-state index contributed by atoms with van der Waals surface area (Å²) in [6.07, 6.45) is 0.113. The molecular weight excluding hydrogens is 258 g/mol. The Balaban J connectivity index is 2.73. The van der Waals surface area contributed by atoms with Gasteiger partial charge in [-0.15, -0.1) is 0 Å². The minimum absolute atomic E-state index is 0.168. The molecule has 1 rings (SSSR count). The maximum Gasteiger partial charge on any atom is 0.410 e. The van der Waals surface area contributed by atoms with Crippen LogP contribution in [-0.4, -0.2) is 40.6 Å². The summed E-state index contributed by atoms with van der Waals surface area (Å²) in [5.74, 6) is -0.309. The lowest BCUT2D eigenvalue weighted by atomic mass is 9.96. The molecule has 0 radical (unpaired) electrons. The molecule has 1 N–H and O–H groups in total. The normalized spacial score (nSPS) is 21.2. The van der Waals surface area contributed by atoms with Crippen molar-refractivity contribution in [2.45, 2.75) is 64.6 Å². The molecule has 1 fully saturated rings. The number of hydrogen-bond acceptors (Lipinski definition) is 4. The second kappa shape index (κ2) is 5.70. The standard InChI is InChI=1S/C14H23N3O3/c1-13(2,3)20-12(19)17-9-7-10(14(17,4)5)16-11(18)6-8-15/h10H,6-7,9H2,1-5H3,(H,16,18). The Morgan fingerprint density at radius 2 is 2.05 bits per heavy atom. The van der Waals surface area contributed by atoms with Crippen LogP contribution < -0.4 is 5.32 Å². The van der Waals surface area contributed by atoms with Gasteiger partial charge in [0.05, 0.1) is 17.6 Å². The molecule has 20 heavy (non-hydrogen) atoms. The molecule has 2 amide bonds. The third-order valence-electron chi connectivity index (χ3n) is 3.38. The molecule has 0 aromatic carbocycles. The second-order valence-corrected chi connectivity index (χ2v) is 6.53. The van der Waals surface area contributed by atoms with Crippen molar-refractivity contribution in [3.8, 4) is 6.07 Å². The lowest BCUT2D eigenvalue weighted by Gasteiger charge is -2.36. The van der Waals surface area contributed by atoms with E-state index in [1.165, 1.54) is 0 Å². The van der Waals surface area contributed by atoms with Gasteiger partial charge in [-0.25, -0.2) is 4.79 Å². The molecule has 1 heterocycles. The number of carbonyl (C=O) groups is 2. The highest BCUT2D eigenvalue weighted by Gasteiger charge is 2.45. The summed E-state index contributed by atoms with van der Waals surface area (Å²) in [4.78, 5) is 25.3. The van der Waals surface area contributed by atoms with Crippen LogP contribution >= 0.6 is 0 Å². The Bertz CT molecular complexity index is 432. The van der Waals surface area contributed by atoms with Gasteiger partial charge in [-0.1, -0.05) is 0 Å². The predicted molar refractivity (Wildman–Crippen MR) is 73.8 cm³/mol. The zero-order valence-corrected chi connectivity index (χ0v) is 12.8. The first-order valence-electron chi connectivity index (χ1n) is 6.75. The van der Waals surface area contributed by atoms with E-state index in [0.29, 0.717) is 13.0 Å². The molecule has 1 saturated heterocycles. The van der Waals surface area contributed by atoms with Crippen molar-refractivity contribution < 1.29 is 14.3 Å². The predicted octanol–water partition coefficient (Wildman–Crippen LogP) is 1.80. The van der Waals surface area contributed by atoms with Gasteiger partial charge in [-0.05, 0) is 41.0 Å². The van der Waals surface area contributed by atoms with Crippen molar-refractivity contribution >= 4 is 12.0 Å². The maximum atomic E-state index is 12.2. The first-order valence-corrected chi connectivity index (χ1v) is 6.75. The topological polar surface area (TPSA) is 82.4 Å². The van der Waals surface area contributed by atoms with Crippen molar-refractivity contribution in [3.63, 3.8) is 0 Å². The lowest BCUT2D eigenvalue weighted by Crippen LogP contribution is -2.54. The van der Waals surface area contributed by atoms with E-state index in [1.54, 1.807) is 4.90 Å². The van der Waals surface area contributed by atoms with Crippen LogP contribution in [0.3, 0.4) is 0 Å². The van der Waals surface area contributed by atoms with Crippen molar-refractivity contribution in [3.05, 3.63) is 0 Å². The molecule has 0 aromatic rings. The number of carbonyl (C=O) groups excluding carboxylic acids is 2. The summed E-state index contributed by atoms with van der Waals surface area (Å²) in [6.45, 7) is 9.77. The molecule has 1 aliphatic heterocycles. The number of nitrogens with zero attached hydrogens (tertiary/aromatic N) is 2. The van der Waals surface area contributed by atoms with Crippen LogP contribution in [0.5, 0.6) is 0 Å². The van der Waals surface area contributed by atoms with Gasteiger partial charge >= 0.3 is 6.09 Å². The SMILES string of the molecule is CC(C)(C)OC(=O)N1CCC(NC(=O)CC#N)C1(C)C. The monoisotopic (exact) mass is 281 g/mol. The van der Waals surface area contributed by atoms with E-state index < -0.39 is 11.1 Å². The van der Waals surface area contributed by atoms with Gasteiger partial charge in [-0.2, -0.15) is 5.26 Å². The van der Waals surface area contributed by atoms with Crippen molar-refractivity contribution in [1.82, 2.24) is 10.2 Å². The third kappa shape index (κ3) is 3.86.